The van der Waals surface area contributed by atoms with E-state index in [1.54, 1.807) is 0 Å². The normalized spacial score (nSPS) is 15.5. The highest BCUT2D eigenvalue weighted by Crippen LogP contribution is 2.24. The summed E-state index contributed by atoms with van der Waals surface area (Å²) in [7, 11) is 2.23. The highest BCUT2D eigenvalue weighted by Gasteiger charge is 2.25. The quantitative estimate of drug-likeness (QED) is 0.841. The average Bonchev–Trinajstić information content (AvgIpc) is 2.37. The molecule has 0 spiro atoms. The molecule has 19 heavy (non-hydrogen) atoms. The van der Waals surface area contributed by atoms with E-state index in [2.05, 4.69) is 82.2 Å². The number of nitrogens with one attached hydrogen (secondary N) is 1. The van der Waals surface area contributed by atoms with E-state index in [9.17, 15) is 0 Å². The Morgan fingerprint density at radius 2 is 1.74 bits per heavy atom. The third-order valence-electron chi connectivity index (χ3n) is 4.04. The van der Waals surface area contributed by atoms with E-state index in [0.717, 1.165) is 13.1 Å². The molecule has 0 saturated heterocycles. The first-order chi connectivity index (χ1) is 8.86. The van der Waals surface area contributed by atoms with Crippen LogP contribution in [0.1, 0.15) is 46.2 Å². The molecule has 0 bridgehead atoms. The Morgan fingerprint density at radius 3 is 2.21 bits per heavy atom. The number of nitrogens with zero attached hydrogens (tertiary/aromatic N) is 1. The molecule has 1 rings (SSSR count). The fourth-order valence-corrected chi connectivity index (χ4v) is 2.33. The molecule has 1 N–H and O–H groups in total. The molecule has 0 aromatic heterocycles. The maximum atomic E-state index is 3.59. The van der Waals surface area contributed by atoms with Crippen LogP contribution >= 0.6 is 0 Å². The summed E-state index contributed by atoms with van der Waals surface area (Å²) in [4.78, 5) is 2.46. The van der Waals surface area contributed by atoms with Crippen LogP contribution in [0.2, 0.25) is 0 Å². The highest BCUT2D eigenvalue weighted by atomic mass is 15.2. The van der Waals surface area contributed by atoms with Crippen molar-refractivity contribution < 1.29 is 0 Å². The summed E-state index contributed by atoms with van der Waals surface area (Å²) in [5.41, 5.74) is 1.68. The van der Waals surface area contributed by atoms with Crippen LogP contribution in [0.15, 0.2) is 30.3 Å². The van der Waals surface area contributed by atoms with Crippen molar-refractivity contribution in [3.8, 4) is 0 Å². The Hall–Kier alpha value is -0.860. The van der Waals surface area contributed by atoms with Gasteiger partial charge in [-0.2, -0.15) is 0 Å². The molecule has 2 atom stereocenters. The zero-order valence-electron chi connectivity index (χ0n) is 13.4. The van der Waals surface area contributed by atoms with Gasteiger partial charge >= 0.3 is 0 Å². The monoisotopic (exact) mass is 262 g/mol. The van der Waals surface area contributed by atoms with Crippen molar-refractivity contribution in [3.63, 3.8) is 0 Å². The first-order valence-corrected chi connectivity index (χ1v) is 7.34. The van der Waals surface area contributed by atoms with Crippen LogP contribution in [0.5, 0.6) is 0 Å². The summed E-state index contributed by atoms with van der Waals surface area (Å²) < 4.78 is 0. The minimum Gasteiger partial charge on any atom is -0.309 e. The van der Waals surface area contributed by atoms with Crippen LogP contribution < -0.4 is 5.32 Å². The van der Waals surface area contributed by atoms with E-state index in [4.69, 9.17) is 0 Å². The standard InChI is InChI=1S/C17H30N2/c1-7-18-16(15-11-9-8-10-12-15)13-19(6)14(2)17(3,4)5/h8-12,14,16,18H,7,13H2,1-6H3. The molecule has 2 unspecified atom stereocenters. The predicted octanol–water partition coefficient (Wildman–Crippen LogP) is 3.70. The van der Waals surface area contributed by atoms with Gasteiger partial charge in [0.05, 0.1) is 0 Å². The summed E-state index contributed by atoms with van der Waals surface area (Å²) in [6, 6.07) is 11.7. The van der Waals surface area contributed by atoms with Crippen LogP contribution in [0.25, 0.3) is 0 Å². The molecule has 0 radical (unpaired) electrons. The molecule has 1 aromatic carbocycles. The van der Waals surface area contributed by atoms with E-state index in [0.29, 0.717) is 17.5 Å². The van der Waals surface area contributed by atoms with Gasteiger partial charge in [0.25, 0.3) is 0 Å². The van der Waals surface area contributed by atoms with Gasteiger partial charge in [0.2, 0.25) is 0 Å². The Bertz CT molecular complexity index is 353. The zero-order chi connectivity index (χ0) is 14.5. The van der Waals surface area contributed by atoms with Crippen molar-refractivity contribution in [3.05, 3.63) is 35.9 Å². The van der Waals surface area contributed by atoms with Gasteiger partial charge in [0, 0.05) is 18.6 Å². The van der Waals surface area contributed by atoms with E-state index < -0.39 is 0 Å². The van der Waals surface area contributed by atoms with Crippen LogP contribution in [0.3, 0.4) is 0 Å². The number of likely N-dealkylation sites (N-methyl/N-ethyl adjacent to an activating group) is 2. The Morgan fingerprint density at radius 1 is 1.16 bits per heavy atom. The van der Waals surface area contributed by atoms with Crippen molar-refractivity contribution in [1.82, 2.24) is 10.2 Å². The van der Waals surface area contributed by atoms with Crippen molar-refractivity contribution in [2.75, 3.05) is 20.1 Å². The second kappa shape index (κ2) is 7.06. The van der Waals surface area contributed by atoms with Gasteiger partial charge in [0.1, 0.15) is 0 Å². The molecule has 108 valence electrons. The lowest BCUT2D eigenvalue weighted by atomic mass is 9.87. The summed E-state index contributed by atoms with van der Waals surface area (Å²) >= 11 is 0. The first kappa shape index (κ1) is 16.2. The molecule has 0 amide bonds. The van der Waals surface area contributed by atoms with Crippen LogP contribution in [0.4, 0.5) is 0 Å². The molecule has 0 heterocycles. The number of rotatable bonds is 6. The summed E-state index contributed by atoms with van der Waals surface area (Å²) in [5, 5.41) is 3.59. The number of benzene rings is 1. The smallest absolute Gasteiger partial charge is 0.0449 e. The van der Waals surface area contributed by atoms with Crippen LogP contribution in [0, 0.1) is 5.41 Å². The molecular formula is C17H30N2. The molecule has 2 nitrogen and oxygen atoms in total. The molecule has 0 fully saturated rings. The lowest BCUT2D eigenvalue weighted by molar-refractivity contribution is 0.129. The van der Waals surface area contributed by atoms with Gasteiger partial charge < -0.3 is 10.2 Å². The average molecular weight is 262 g/mol. The topological polar surface area (TPSA) is 15.3 Å². The van der Waals surface area contributed by atoms with Gasteiger partial charge in [0.15, 0.2) is 0 Å². The maximum absolute atomic E-state index is 3.59. The fraction of sp³-hybridized carbons (Fsp3) is 0.647. The first-order valence-electron chi connectivity index (χ1n) is 7.34. The maximum Gasteiger partial charge on any atom is 0.0449 e. The highest BCUT2D eigenvalue weighted by molar-refractivity contribution is 5.19. The van der Waals surface area contributed by atoms with E-state index in [-0.39, 0.29) is 0 Å². The van der Waals surface area contributed by atoms with Crippen molar-refractivity contribution in [2.24, 2.45) is 5.41 Å². The van der Waals surface area contributed by atoms with Crippen LogP contribution in [-0.4, -0.2) is 31.1 Å². The van der Waals surface area contributed by atoms with Crippen molar-refractivity contribution in [2.45, 2.75) is 46.7 Å². The van der Waals surface area contributed by atoms with E-state index in [1.165, 1.54) is 5.56 Å². The van der Waals surface area contributed by atoms with E-state index in [1.807, 2.05) is 0 Å². The molecule has 1 aromatic rings. The number of hydrogen-bond acceptors (Lipinski definition) is 2. The zero-order valence-corrected chi connectivity index (χ0v) is 13.4. The SMILES string of the molecule is CCNC(CN(C)C(C)C(C)(C)C)c1ccccc1. The fourth-order valence-electron chi connectivity index (χ4n) is 2.33. The van der Waals surface area contributed by atoms with Gasteiger partial charge in [-0.05, 0) is 31.5 Å². The third-order valence-corrected chi connectivity index (χ3v) is 4.04. The predicted molar refractivity (Wildman–Crippen MR) is 84.4 cm³/mol. The Balaban J connectivity index is 2.74. The van der Waals surface area contributed by atoms with Crippen molar-refractivity contribution >= 4 is 0 Å². The Labute approximate surface area is 119 Å². The summed E-state index contributed by atoms with van der Waals surface area (Å²) in [6.45, 7) is 13.4. The molecule has 0 saturated carbocycles. The molecule has 0 aliphatic carbocycles. The lowest BCUT2D eigenvalue weighted by Crippen LogP contribution is -2.43. The summed E-state index contributed by atoms with van der Waals surface area (Å²) in [5.74, 6) is 0. The van der Waals surface area contributed by atoms with E-state index >= 15 is 0 Å². The number of hydrogen-bond donors (Lipinski definition) is 1. The molecule has 0 aliphatic heterocycles. The Kier molecular flexibility index (Phi) is 6.02. The van der Waals surface area contributed by atoms with Gasteiger partial charge in [-0.3, -0.25) is 0 Å². The minimum atomic E-state index is 0.308. The second-order valence-corrected chi connectivity index (χ2v) is 6.50. The largest absolute Gasteiger partial charge is 0.309 e. The summed E-state index contributed by atoms with van der Waals surface area (Å²) in [6.07, 6.45) is 0. The molecule has 2 heteroatoms. The van der Waals surface area contributed by atoms with Gasteiger partial charge in [-0.1, -0.05) is 58.0 Å². The van der Waals surface area contributed by atoms with Crippen LogP contribution in [-0.2, 0) is 0 Å². The molecular weight excluding hydrogens is 232 g/mol. The van der Waals surface area contributed by atoms with Crippen molar-refractivity contribution in [1.29, 1.82) is 0 Å². The lowest BCUT2D eigenvalue weighted by Gasteiger charge is -2.37. The van der Waals surface area contributed by atoms with Gasteiger partial charge in [-0.15, -0.1) is 0 Å². The second-order valence-electron chi connectivity index (χ2n) is 6.50. The van der Waals surface area contributed by atoms with Gasteiger partial charge in [-0.25, -0.2) is 0 Å². The third kappa shape index (κ3) is 4.96. The molecule has 0 aliphatic rings. The minimum absolute atomic E-state index is 0.308.